The van der Waals surface area contributed by atoms with Crippen LogP contribution in [0, 0.1) is 11.8 Å². The lowest BCUT2D eigenvalue weighted by atomic mass is 9.73. The monoisotopic (exact) mass is 324 g/mol. The Hall–Kier alpha value is -0.770. The summed E-state index contributed by atoms with van der Waals surface area (Å²) < 4.78 is 5.48. The molecule has 0 radical (unpaired) electrons. The first-order valence-corrected chi connectivity index (χ1v) is 9.37. The number of carbonyl (C=O) groups is 1. The highest BCUT2D eigenvalue weighted by atomic mass is 16.6. The summed E-state index contributed by atoms with van der Waals surface area (Å²) >= 11 is 0. The van der Waals surface area contributed by atoms with Crippen LogP contribution in [0.5, 0.6) is 0 Å². The van der Waals surface area contributed by atoms with Crippen LogP contribution in [-0.4, -0.2) is 41.8 Å². The van der Waals surface area contributed by atoms with Gasteiger partial charge in [-0.15, -0.1) is 0 Å². The topological polar surface area (TPSA) is 41.6 Å². The van der Waals surface area contributed by atoms with Crippen molar-refractivity contribution in [1.29, 1.82) is 0 Å². The van der Waals surface area contributed by atoms with E-state index >= 15 is 0 Å². The minimum Gasteiger partial charge on any atom is -0.444 e. The van der Waals surface area contributed by atoms with Crippen LogP contribution in [0.3, 0.4) is 0 Å². The Kier molecular flexibility index (Phi) is 5.99. The van der Waals surface area contributed by atoms with Gasteiger partial charge in [-0.05, 0) is 71.1 Å². The molecule has 0 spiro atoms. The van der Waals surface area contributed by atoms with Crippen molar-refractivity contribution in [1.82, 2.24) is 10.2 Å². The third-order valence-electron chi connectivity index (χ3n) is 5.51. The van der Waals surface area contributed by atoms with Crippen LogP contribution in [0.15, 0.2) is 0 Å². The summed E-state index contributed by atoms with van der Waals surface area (Å²) in [5.74, 6) is 1.74. The maximum Gasteiger partial charge on any atom is 0.410 e. The van der Waals surface area contributed by atoms with Crippen LogP contribution >= 0.6 is 0 Å². The minimum atomic E-state index is -0.415. The van der Waals surface area contributed by atoms with E-state index < -0.39 is 5.60 Å². The lowest BCUT2D eigenvalue weighted by Crippen LogP contribution is -2.50. The lowest BCUT2D eigenvalue weighted by Gasteiger charge is -2.43. The summed E-state index contributed by atoms with van der Waals surface area (Å²) in [6.45, 7) is 10.4. The molecule has 0 heterocycles. The molecular weight excluding hydrogens is 288 g/mol. The van der Waals surface area contributed by atoms with Gasteiger partial charge >= 0.3 is 6.09 Å². The molecule has 2 rings (SSSR count). The van der Waals surface area contributed by atoms with Crippen LogP contribution in [0.4, 0.5) is 4.79 Å². The predicted molar refractivity (Wildman–Crippen MR) is 94.5 cm³/mol. The Morgan fingerprint density at radius 3 is 2.13 bits per heavy atom. The molecule has 0 atom stereocenters. The first-order chi connectivity index (χ1) is 10.7. The largest absolute Gasteiger partial charge is 0.444 e. The molecule has 4 nitrogen and oxygen atoms in total. The summed E-state index contributed by atoms with van der Waals surface area (Å²) in [5.41, 5.74) is -0.415. The highest BCUT2D eigenvalue weighted by Crippen LogP contribution is 2.35. The Morgan fingerprint density at radius 2 is 1.65 bits per heavy atom. The molecule has 0 bridgehead atoms. The van der Waals surface area contributed by atoms with Gasteiger partial charge in [0.2, 0.25) is 0 Å². The van der Waals surface area contributed by atoms with Crippen molar-refractivity contribution >= 4 is 6.09 Å². The summed E-state index contributed by atoms with van der Waals surface area (Å²) in [6, 6.07) is 1.69. The van der Waals surface area contributed by atoms with Gasteiger partial charge in [0.15, 0.2) is 0 Å². The molecule has 1 N–H and O–H groups in total. The third-order valence-corrected chi connectivity index (χ3v) is 5.51. The molecule has 0 unspecified atom stereocenters. The number of nitrogens with one attached hydrogen (secondary N) is 1. The summed E-state index contributed by atoms with van der Waals surface area (Å²) in [6.07, 6.45) is 6.99. The number of hydrogen-bond acceptors (Lipinski definition) is 3. The zero-order valence-electron chi connectivity index (χ0n) is 15.9. The summed E-state index contributed by atoms with van der Waals surface area (Å²) in [5, 5.41) is 3.83. The molecule has 1 amide bonds. The Morgan fingerprint density at radius 1 is 1.09 bits per heavy atom. The molecule has 23 heavy (non-hydrogen) atoms. The quantitative estimate of drug-likeness (QED) is 0.843. The van der Waals surface area contributed by atoms with Gasteiger partial charge in [0.1, 0.15) is 5.60 Å². The van der Waals surface area contributed by atoms with Crippen molar-refractivity contribution < 1.29 is 9.53 Å². The Labute approximate surface area is 142 Å². The predicted octanol–water partition coefficient (Wildman–Crippen LogP) is 4.19. The number of rotatable bonds is 4. The molecular formula is C19H36N2O2. The van der Waals surface area contributed by atoms with Crippen LogP contribution in [0.25, 0.3) is 0 Å². The average Bonchev–Trinajstić information content (AvgIpc) is 2.40. The van der Waals surface area contributed by atoms with Gasteiger partial charge in [0.25, 0.3) is 0 Å². The maximum absolute atomic E-state index is 12.2. The zero-order chi connectivity index (χ0) is 17.2. The van der Waals surface area contributed by atoms with E-state index in [0.29, 0.717) is 12.1 Å². The standard InChI is InChI=1S/C19H36N2O2/c1-13(2)14-11-16(12-14)20-15-7-9-17(10-8-15)21(6)18(22)23-19(3,4)5/h13-17,20H,7-12H2,1-6H3. The molecule has 2 aliphatic carbocycles. The highest BCUT2D eigenvalue weighted by molar-refractivity contribution is 5.68. The van der Waals surface area contributed by atoms with Crippen LogP contribution in [0.2, 0.25) is 0 Å². The molecule has 134 valence electrons. The number of hydrogen-bond donors (Lipinski definition) is 1. The third kappa shape index (κ3) is 5.37. The SMILES string of the molecule is CC(C)C1CC(NC2CCC(N(C)C(=O)OC(C)(C)C)CC2)C1. The molecule has 2 fully saturated rings. The minimum absolute atomic E-state index is 0.187. The van der Waals surface area contributed by atoms with Crippen molar-refractivity contribution in [3.63, 3.8) is 0 Å². The zero-order valence-corrected chi connectivity index (χ0v) is 15.9. The van der Waals surface area contributed by atoms with E-state index in [4.69, 9.17) is 4.74 Å². The first kappa shape index (κ1) is 18.6. The molecule has 0 aliphatic heterocycles. The van der Waals surface area contributed by atoms with Gasteiger partial charge in [-0.25, -0.2) is 4.79 Å². The van der Waals surface area contributed by atoms with E-state index in [1.165, 1.54) is 25.7 Å². The van der Waals surface area contributed by atoms with Crippen molar-refractivity contribution in [2.45, 2.75) is 96.9 Å². The van der Waals surface area contributed by atoms with E-state index in [1.54, 1.807) is 4.90 Å². The number of carbonyl (C=O) groups excluding carboxylic acids is 1. The fraction of sp³-hybridized carbons (Fsp3) is 0.947. The van der Waals surface area contributed by atoms with E-state index in [9.17, 15) is 4.79 Å². The molecule has 0 saturated heterocycles. The van der Waals surface area contributed by atoms with Crippen LogP contribution < -0.4 is 5.32 Å². The van der Waals surface area contributed by atoms with Gasteiger partial charge in [-0.2, -0.15) is 0 Å². The fourth-order valence-electron chi connectivity index (χ4n) is 3.79. The second kappa shape index (κ2) is 7.42. The number of amides is 1. The maximum atomic E-state index is 12.2. The van der Waals surface area contributed by atoms with Gasteiger partial charge in [0.05, 0.1) is 0 Å². The number of nitrogens with zero attached hydrogens (tertiary/aromatic N) is 1. The molecule has 2 saturated carbocycles. The second-order valence-corrected chi connectivity index (χ2v) is 8.94. The molecule has 0 aromatic carbocycles. The fourth-order valence-corrected chi connectivity index (χ4v) is 3.79. The molecule has 2 aliphatic rings. The second-order valence-electron chi connectivity index (χ2n) is 8.94. The van der Waals surface area contributed by atoms with Gasteiger partial charge in [-0.3, -0.25) is 0 Å². The van der Waals surface area contributed by atoms with E-state index in [2.05, 4.69) is 19.2 Å². The summed E-state index contributed by atoms with van der Waals surface area (Å²) in [7, 11) is 1.88. The van der Waals surface area contributed by atoms with E-state index in [0.717, 1.165) is 30.7 Å². The highest BCUT2D eigenvalue weighted by Gasteiger charge is 2.34. The van der Waals surface area contributed by atoms with Crippen molar-refractivity contribution in [2.75, 3.05) is 7.05 Å². The molecule has 4 heteroatoms. The molecule has 0 aromatic rings. The van der Waals surface area contributed by atoms with E-state index in [1.807, 2.05) is 27.8 Å². The van der Waals surface area contributed by atoms with Gasteiger partial charge in [-0.1, -0.05) is 13.8 Å². The first-order valence-electron chi connectivity index (χ1n) is 9.37. The van der Waals surface area contributed by atoms with Gasteiger partial charge < -0.3 is 15.0 Å². The number of ether oxygens (including phenoxy) is 1. The lowest BCUT2D eigenvalue weighted by molar-refractivity contribution is 0.0173. The Bertz CT molecular complexity index is 389. The van der Waals surface area contributed by atoms with Crippen molar-refractivity contribution in [2.24, 2.45) is 11.8 Å². The smallest absolute Gasteiger partial charge is 0.410 e. The molecule has 0 aromatic heterocycles. The average molecular weight is 325 g/mol. The van der Waals surface area contributed by atoms with Crippen LogP contribution in [-0.2, 0) is 4.74 Å². The normalized spacial score (nSPS) is 31.6. The van der Waals surface area contributed by atoms with Crippen molar-refractivity contribution in [3.8, 4) is 0 Å². The van der Waals surface area contributed by atoms with Crippen LogP contribution in [0.1, 0.15) is 73.1 Å². The Balaban J connectivity index is 1.69. The van der Waals surface area contributed by atoms with Crippen molar-refractivity contribution in [3.05, 3.63) is 0 Å². The van der Waals surface area contributed by atoms with Gasteiger partial charge in [0, 0.05) is 25.2 Å². The summed E-state index contributed by atoms with van der Waals surface area (Å²) in [4.78, 5) is 14.0. The van der Waals surface area contributed by atoms with E-state index in [-0.39, 0.29) is 6.09 Å².